The van der Waals surface area contributed by atoms with Crippen molar-refractivity contribution >= 4 is 11.8 Å². The monoisotopic (exact) mass is 269 g/mol. The van der Waals surface area contributed by atoms with E-state index >= 15 is 0 Å². The Kier molecular flexibility index (Phi) is 6.28. The number of amides is 2. The molecule has 1 heterocycles. The van der Waals surface area contributed by atoms with Gasteiger partial charge < -0.3 is 16.0 Å². The van der Waals surface area contributed by atoms with Crippen LogP contribution in [0.4, 0.5) is 0 Å². The van der Waals surface area contributed by atoms with Gasteiger partial charge in [0.05, 0.1) is 12.0 Å². The first kappa shape index (κ1) is 16.0. The van der Waals surface area contributed by atoms with Crippen molar-refractivity contribution in [2.45, 2.75) is 46.1 Å². The third kappa shape index (κ3) is 4.49. The number of nitrogens with one attached hydrogen (secondary N) is 1. The Morgan fingerprint density at radius 1 is 1.42 bits per heavy atom. The molecule has 0 aromatic rings. The lowest BCUT2D eigenvalue weighted by molar-refractivity contribution is -0.137. The van der Waals surface area contributed by atoms with Crippen molar-refractivity contribution in [2.24, 2.45) is 17.6 Å². The van der Waals surface area contributed by atoms with Crippen molar-refractivity contribution in [2.75, 3.05) is 19.6 Å². The quantitative estimate of drug-likeness (QED) is 0.773. The second kappa shape index (κ2) is 7.48. The summed E-state index contributed by atoms with van der Waals surface area (Å²) < 4.78 is 0. The summed E-state index contributed by atoms with van der Waals surface area (Å²) in [5.74, 6) is 0.0888. The molecule has 1 saturated heterocycles. The third-order valence-corrected chi connectivity index (χ3v) is 3.66. The molecule has 0 aliphatic carbocycles. The van der Waals surface area contributed by atoms with Crippen molar-refractivity contribution in [1.82, 2.24) is 10.2 Å². The fourth-order valence-corrected chi connectivity index (χ4v) is 2.28. The van der Waals surface area contributed by atoms with Crippen LogP contribution in [0.3, 0.4) is 0 Å². The van der Waals surface area contributed by atoms with Crippen LogP contribution in [-0.4, -0.2) is 42.4 Å². The number of piperidine rings is 1. The van der Waals surface area contributed by atoms with E-state index in [0.717, 1.165) is 25.8 Å². The largest absolute Gasteiger partial charge is 0.356 e. The number of hydrogen-bond donors (Lipinski definition) is 2. The van der Waals surface area contributed by atoms with E-state index in [1.54, 1.807) is 4.90 Å². The van der Waals surface area contributed by atoms with Crippen molar-refractivity contribution in [1.29, 1.82) is 0 Å². The molecule has 0 aromatic carbocycles. The highest BCUT2D eigenvalue weighted by atomic mass is 16.2. The summed E-state index contributed by atoms with van der Waals surface area (Å²) in [7, 11) is 0. The average Bonchev–Trinajstić information content (AvgIpc) is 2.43. The number of hydrogen-bond acceptors (Lipinski definition) is 3. The molecular formula is C14H27N3O2. The molecule has 1 rings (SSSR count). The maximum atomic E-state index is 12.2. The Bertz CT molecular complexity index is 318. The van der Waals surface area contributed by atoms with E-state index in [9.17, 15) is 9.59 Å². The Morgan fingerprint density at radius 3 is 2.68 bits per heavy atom. The Labute approximate surface area is 115 Å². The maximum absolute atomic E-state index is 12.2. The van der Waals surface area contributed by atoms with Crippen LogP contribution in [0.15, 0.2) is 0 Å². The predicted molar refractivity (Wildman–Crippen MR) is 75.4 cm³/mol. The Balaban J connectivity index is 2.54. The van der Waals surface area contributed by atoms with Gasteiger partial charge in [0.2, 0.25) is 11.8 Å². The van der Waals surface area contributed by atoms with Gasteiger partial charge in [-0.1, -0.05) is 20.8 Å². The molecular weight excluding hydrogens is 242 g/mol. The van der Waals surface area contributed by atoms with Crippen molar-refractivity contribution in [3.8, 4) is 0 Å². The van der Waals surface area contributed by atoms with Crippen molar-refractivity contribution in [3.63, 3.8) is 0 Å². The highest BCUT2D eigenvalue weighted by Gasteiger charge is 2.31. The summed E-state index contributed by atoms with van der Waals surface area (Å²) in [4.78, 5) is 25.9. The number of rotatable bonds is 5. The van der Waals surface area contributed by atoms with E-state index in [0.29, 0.717) is 13.1 Å². The number of carbonyl (C=O) groups excluding carboxylic acids is 2. The van der Waals surface area contributed by atoms with Crippen LogP contribution >= 0.6 is 0 Å². The van der Waals surface area contributed by atoms with Gasteiger partial charge in [-0.15, -0.1) is 0 Å². The standard InChI is InChI=1S/C14H27N3O2/c1-4-7-16-13(18)11-6-5-8-17(9-11)14(19)12(15)10(2)3/h10-12H,4-9,15H2,1-3H3,(H,16,18)/t11?,12-/m0/s1. The Morgan fingerprint density at radius 2 is 2.11 bits per heavy atom. The van der Waals surface area contributed by atoms with Gasteiger partial charge in [0.25, 0.3) is 0 Å². The molecule has 110 valence electrons. The minimum absolute atomic E-state index is 0.0250. The van der Waals surface area contributed by atoms with Gasteiger partial charge in [0.1, 0.15) is 0 Å². The SMILES string of the molecule is CCCNC(=O)C1CCCN(C(=O)[C@@H](N)C(C)C)C1. The van der Waals surface area contributed by atoms with Crippen LogP contribution in [0.25, 0.3) is 0 Å². The van der Waals surface area contributed by atoms with Crippen molar-refractivity contribution < 1.29 is 9.59 Å². The molecule has 5 heteroatoms. The molecule has 0 aromatic heterocycles. The molecule has 1 fully saturated rings. The van der Waals surface area contributed by atoms with Gasteiger partial charge >= 0.3 is 0 Å². The van der Waals surface area contributed by atoms with Crippen LogP contribution in [0.2, 0.25) is 0 Å². The van der Waals surface area contributed by atoms with E-state index in [2.05, 4.69) is 5.32 Å². The van der Waals surface area contributed by atoms with E-state index in [1.807, 2.05) is 20.8 Å². The molecule has 1 unspecified atom stereocenters. The van der Waals surface area contributed by atoms with E-state index < -0.39 is 6.04 Å². The molecule has 1 aliphatic heterocycles. The minimum atomic E-state index is -0.461. The summed E-state index contributed by atoms with van der Waals surface area (Å²) in [6.45, 7) is 7.84. The number of likely N-dealkylation sites (tertiary alicyclic amines) is 1. The highest BCUT2D eigenvalue weighted by Crippen LogP contribution is 2.18. The van der Waals surface area contributed by atoms with Gasteiger partial charge in [-0.05, 0) is 25.2 Å². The summed E-state index contributed by atoms with van der Waals surface area (Å²) in [5, 5.41) is 2.91. The molecule has 0 spiro atoms. The van der Waals surface area contributed by atoms with Gasteiger partial charge in [-0.3, -0.25) is 9.59 Å². The lowest BCUT2D eigenvalue weighted by atomic mass is 9.95. The zero-order chi connectivity index (χ0) is 14.4. The average molecular weight is 269 g/mol. The van der Waals surface area contributed by atoms with Crippen molar-refractivity contribution in [3.05, 3.63) is 0 Å². The molecule has 19 heavy (non-hydrogen) atoms. The Hall–Kier alpha value is -1.10. The minimum Gasteiger partial charge on any atom is -0.356 e. The zero-order valence-corrected chi connectivity index (χ0v) is 12.3. The van der Waals surface area contributed by atoms with Gasteiger partial charge in [0, 0.05) is 19.6 Å². The fourth-order valence-electron chi connectivity index (χ4n) is 2.28. The lowest BCUT2D eigenvalue weighted by Gasteiger charge is -2.34. The van der Waals surface area contributed by atoms with Crippen LogP contribution in [0, 0.1) is 11.8 Å². The van der Waals surface area contributed by atoms with E-state index in [-0.39, 0.29) is 23.7 Å². The molecule has 0 radical (unpaired) electrons. The highest BCUT2D eigenvalue weighted by molar-refractivity contribution is 5.84. The smallest absolute Gasteiger partial charge is 0.239 e. The van der Waals surface area contributed by atoms with Crippen LogP contribution in [0.5, 0.6) is 0 Å². The molecule has 2 amide bonds. The third-order valence-electron chi connectivity index (χ3n) is 3.66. The zero-order valence-electron chi connectivity index (χ0n) is 12.3. The molecule has 0 saturated carbocycles. The maximum Gasteiger partial charge on any atom is 0.239 e. The topological polar surface area (TPSA) is 75.4 Å². The van der Waals surface area contributed by atoms with Gasteiger partial charge in [0.15, 0.2) is 0 Å². The molecule has 5 nitrogen and oxygen atoms in total. The summed E-state index contributed by atoms with van der Waals surface area (Å²) in [5.41, 5.74) is 5.90. The van der Waals surface area contributed by atoms with Gasteiger partial charge in [-0.2, -0.15) is 0 Å². The van der Waals surface area contributed by atoms with Gasteiger partial charge in [-0.25, -0.2) is 0 Å². The van der Waals surface area contributed by atoms with Crippen LogP contribution in [0.1, 0.15) is 40.0 Å². The number of carbonyl (C=O) groups is 2. The van der Waals surface area contributed by atoms with Crippen LogP contribution < -0.4 is 11.1 Å². The summed E-state index contributed by atoms with van der Waals surface area (Å²) >= 11 is 0. The molecule has 3 N–H and O–H groups in total. The van der Waals surface area contributed by atoms with E-state index in [4.69, 9.17) is 5.73 Å². The fraction of sp³-hybridized carbons (Fsp3) is 0.857. The summed E-state index contributed by atoms with van der Waals surface area (Å²) in [6, 6.07) is -0.461. The van der Waals surface area contributed by atoms with Crippen LogP contribution in [-0.2, 0) is 9.59 Å². The van der Waals surface area contributed by atoms with E-state index in [1.165, 1.54) is 0 Å². The number of nitrogens with zero attached hydrogens (tertiary/aromatic N) is 1. The summed E-state index contributed by atoms with van der Waals surface area (Å²) in [6.07, 6.45) is 2.66. The lowest BCUT2D eigenvalue weighted by Crippen LogP contribution is -2.52. The predicted octanol–water partition coefficient (Wildman–Crippen LogP) is 0.735. The first-order chi connectivity index (χ1) is 8.97. The second-order valence-electron chi connectivity index (χ2n) is 5.68. The first-order valence-electron chi connectivity index (χ1n) is 7.29. The molecule has 0 bridgehead atoms. The second-order valence-corrected chi connectivity index (χ2v) is 5.68. The number of nitrogens with two attached hydrogens (primary N) is 1. The first-order valence-corrected chi connectivity index (χ1v) is 7.29. The molecule has 1 aliphatic rings. The molecule has 2 atom stereocenters. The normalized spacial score (nSPS) is 21.3.